The Balaban J connectivity index is 1.35. The van der Waals surface area contributed by atoms with Crippen molar-refractivity contribution in [1.82, 2.24) is 15.0 Å². The zero-order valence-corrected chi connectivity index (χ0v) is 17.4. The van der Waals surface area contributed by atoms with E-state index in [0.29, 0.717) is 13.1 Å². The topological polar surface area (TPSA) is 52.8 Å². The molecule has 1 fully saturated rings. The normalized spacial score (nSPS) is 14.6. The SMILES string of the molecule is Cc1cc(CN2CCN(C(=O)CN(Cc3ccccc3)c3ccccc3)CC2)no1. The number of amides is 1. The Morgan fingerprint density at radius 1 is 1.00 bits per heavy atom. The van der Waals surface area contributed by atoms with E-state index in [4.69, 9.17) is 4.52 Å². The number of rotatable bonds is 7. The summed E-state index contributed by atoms with van der Waals surface area (Å²) in [5.41, 5.74) is 3.21. The van der Waals surface area contributed by atoms with Crippen molar-refractivity contribution in [2.45, 2.75) is 20.0 Å². The van der Waals surface area contributed by atoms with E-state index in [1.54, 1.807) is 0 Å². The molecule has 1 amide bonds. The Kier molecular flexibility index (Phi) is 6.44. The highest BCUT2D eigenvalue weighted by atomic mass is 16.5. The van der Waals surface area contributed by atoms with Crippen molar-refractivity contribution in [1.29, 1.82) is 0 Å². The van der Waals surface area contributed by atoms with Crippen LogP contribution in [0.25, 0.3) is 0 Å². The lowest BCUT2D eigenvalue weighted by atomic mass is 10.2. The van der Waals surface area contributed by atoms with Crippen LogP contribution in [0.5, 0.6) is 0 Å². The van der Waals surface area contributed by atoms with Crippen LogP contribution in [0.1, 0.15) is 17.0 Å². The van der Waals surface area contributed by atoms with Gasteiger partial charge in [0.1, 0.15) is 5.76 Å². The highest BCUT2D eigenvalue weighted by molar-refractivity contribution is 5.81. The van der Waals surface area contributed by atoms with Crippen LogP contribution in [-0.2, 0) is 17.9 Å². The maximum absolute atomic E-state index is 13.1. The van der Waals surface area contributed by atoms with E-state index < -0.39 is 0 Å². The van der Waals surface area contributed by atoms with Crippen LogP contribution in [-0.4, -0.2) is 53.6 Å². The maximum atomic E-state index is 13.1. The van der Waals surface area contributed by atoms with Gasteiger partial charge in [0, 0.05) is 51.0 Å². The third-order valence-electron chi connectivity index (χ3n) is 5.45. The summed E-state index contributed by atoms with van der Waals surface area (Å²) in [6, 6.07) is 22.4. The lowest BCUT2D eigenvalue weighted by Gasteiger charge is -2.36. The largest absolute Gasteiger partial charge is 0.361 e. The lowest BCUT2D eigenvalue weighted by Crippen LogP contribution is -2.50. The van der Waals surface area contributed by atoms with Gasteiger partial charge in [-0.05, 0) is 24.6 Å². The fourth-order valence-corrected chi connectivity index (χ4v) is 3.82. The second-order valence-corrected chi connectivity index (χ2v) is 7.76. The molecule has 0 N–H and O–H groups in total. The van der Waals surface area contributed by atoms with Crippen LogP contribution < -0.4 is 4.90 Å². The molecule has 4 rings (SSSR count). The fraction of sp³-hybridized carbons (Fsp3) is 0.333. The number of hydrogen-bond donors (Lipinski definition) is 0. The van der Waals surface area contributed by atoms with Crippen LogP contribution in [0, 0.1) is 6.92 Å². The number of anilines is 1. The molecule has 6 heteroatoms. The minimum atomic E-state index is 0.173. The molecule has 156 valence electrons. The van der Waals surface area contributed by atoms with E-state index in [0.717, 1.165) is 49.9 Å². The summed E-state index contributed by atoms with van der Waals surface area (Å²) in [7, 11) is 0. The first-order chi connectivity index (χ1) is 14.7. The molecular weight excluding hydrogens is 376 g/mol. The van der Waals surface area contributed by atoms with Gasteiger partial charge in [-0.3, -0.25) is 9.69 Å². The Hall–Kier alpha value is -3.12. The molecule has 0 bridgehead atoms. The van der Waals surface area contributed by atoms with E-state index >= 15 is 0 Å². The van der Waals surface area contributed by atoms with E-state index in [1.165, 1.54) is 5.56 Å². The van der Waals surface area contributed by atoms with Gasteiger partial charge in [-0.25, -0.2) is 0 Å². The molecule has 1 aliphatic heterocycles. The molecule has 0 atom stereocenters. The van der Waals surface area contributed by atoms with Crippen molar-refractivity contribution in [3.05, 3.63) is 83.7 Å². The smallest absolute Gasteiger partial charge is 0.242 e. The standard InChI is InChI=1S/C24H28N4O2/c1-20-16-22(25-30-20)18-26-12-14-27(15-13-26)24(29)19-28(23-10-6-3-7-11-23)17-21-8-4-2-5-9-21/h2-11,16H,12-15,17-19H2,1H3. The van der Waals surface area contributed by atoms with Crippen LogP contribution in [0.15, 0.2) is 71.3 Å². The summed E-state index contributed by atoms with van der Waals surface area (Å²) in [6.07, 6.45) is 0. The summed E-state index contributed by atoms with van der Waals surface area (Å²) in [4.78, 5) is 19.5. The van der Waals surface area contributed by atoms with Crippen LogP contribution in [0.4, 0.5) is 5.69 Å². The van der Waals surface area contributed by atoms with E-state index in [1.807, 2.05) is 54.3 Å². The molecule has 30 heavy (non-hydrogen) atoms. The number of aryl methyl sites for hydroxylation is 1. The molecule has 0 aliphatic carbocycles. The fourth-order valence-electron chi connectivity index (χ4n) is 3.82. The number of benzene rings is 2. The lowest BCUT2D eigenvalue weighted by molar-refractivity contribution is -0.131. The number of hydrogen-bond acceptors (Lipinski definition) is 5. The number of carbonyl (C=O) groups excluding carboxylic acids is 1. The van der Waals surface area contributed by atoms with Crippen LogP contribution >= 0.6 is 0 Å². The highest BCUT2D eigenvalue weighted by Crippen LogP contribution is 2.18. The summed E-state index contributed by atoms with van der Waals surface area (Å²) >= 11 is 0. The Labute approximate surface area is 177 Å². The predicted molar refractivity (Wildman–Crippen MR) is 117 cm³/mol. The second kappa shape index (κ2) is 9.59. The van der Waals surface area contributed by atoms with Gasteiger partial charge in [-0.1, -0.05) is 53.7 Å². The summed E-state index contributed by atoms with van der Waals surface area (Å²) in [5.74, 6) is 1.00. The summed E-state index contributed by atoms with van der Waals surface area (Å²) in [5, 5.41) is 4.07. The molecular formula is C24H28N4O2. The first-order valence-electron chi connectivity index (χ1n) is 10.4. The van der Waals surface area contributed by atoms with Gasteiger partial charge in [-0.15, -0.1) is 0 Å². The molecule has 1 aliphatic rings. The Bertz CT molecular complexity index is 934. The van der Waals surface area contributed by atoms with Gasteiger partial charge in [-0.2, -0.15) is 0 Å². The van der Waals surface area contributed by atoms with E-state index in [9.17, 15) is 4.79 Å². The van der Waals surface area contributed by atoms with Crippen molar-refractivity contribution in [3.8, 4) is 0 Å². The molecule has 6 nitrogen and oxygen atoms in total. The van der Waals surface area contributed by atoms with Gasteiger partial charge >= 0.3 is 0 Å². The van der Waals surface area contributed by atoms with Crippen molar-refractivity contribution < 1.29 is 9.32 Å². The number of carbonyl (C=O) groups is 1. The second-order valence-electron chi connectivity index (χ2n) is 7.76. The van der Waals surface area contributed by atoms with Crippen molar-refractivity contribution in [2.24, 2.45) is 0 Å². The third kappa shape index (κ3) is 5.27. The average Bonchev–Trinajstić information content (AvgIpc) is 3.19. The molecule has 0 unspecified atom stereocenters. The van der Waals surface area contributed by atoms with E-state index in [2.05, 4.69) is 39.2 Å². The average molecular weight is 405 g/mol. The number of nitrogens with zero attached hydrogens (tertiary/aromatic N) is 4. The molecule has 0 radical (unpaired) electrons. The van der Waals surface area contributed by atoms with Crippen molar-refractivity contribution in [2.75, 3.05) is 37.6 Å². The number of piperazine rings is 1. The predicted octanol–water partition coefficient (Wildman–Crippen LogP) is 3.33. The highest BCUT2D eigenvalue weighted by Gasteiger charge is 2.23. The molecule has 2 heterocycles. The molecule has 3 aromatic rings. The quantitative estimate of drug-likeness (QED) is 0.605. The third-order valence-corrected chi connectivity index (χ3v) is 5.45. The maximum Gasteiger partial charge on any atom is 0.242 e. The first kappa shape index (κ1) is 20.2. The zero-order chi connectivity index (χ0) is 20.8. The van der Waals surface area contributed by atoms with Gasteiger partial charge < -0.3 is 14.3 Å². The van der Waals surface area contributed by atoms with Crippen molar-refractivity contribution in [3.63, 3.8) is 0 Å². The van der Waals surface area contributed by atoms with Crippen LogP contribution in [0.2, 0.25) is 0 Å². The summed E-state index contributed by atoms with van der Waals surface area (Å²) < 4.78 is 5.15. The Morgan fingerprint density at radius 2 is 1.67 bits per heavy atom. The monoisotopic (exact) mass is 404 g/mol. The van der Waals surface area contributed by atoms with Gasteiger partial charge in [0.2, 0.25) is 5.91 Å². The Morgan fingerprint density at radius 3 is 2.30 bits per heavy atom. The number of para-hydroxylation sites is 1. The minimum absolute atomic E-state index is 0.173. The molecule has 0 spiro atoms. The van der Waals surface area contributed by atoms with Gasteiger partial charge in [0.05, 0.1) is 12.2 Å². The van der Waals surface area contributed by atoms with Crippen molar-refractivity contribution >= 4 is 11.6 Å². The molecule has 1 saturated heterocycles. The first-order valence-corrected chi connectivity index (χ1v) is 10.4. The van der Waals surface area contributed by atoms with Gasteiger partial charge in [0.25, 0.3) is 0 Å². The summed E-state index contributed by atoms with van der Waals surface area (Å²) in [6.45, 7) is 6.94. The molecule has 1 aromatic heterocycles. The molecule has 2 aromatic carbocycles. The minimum Gasteiger partial charge on any atom is -0.361 e. The zero-order valence-electron chi connectivity index (χ0n) is 17.4. The van der Waals surface area contributed by atoms with Gasteiger partial charge in [0.15, 0.2) is 0 Å². The number of aromatic nitrogens is 1. The molecule has 0 saturated carbocycles. The van der Waals surface area contributed by atoms with E-state index in [-0.39, 0.29) is 5.91 Å². The van der Waals surface area contributed by atoms with Crippen LogP contribution in [0.3, 0.4) is 0 Å².